The molecule has 3 rings (SSSR count). The lowest BCUT2D eigenvalue weighted by atomic mass is 9.99. The Morgan fingerprint density at radius 2 is 2.17 bits per heavy atom. The van der Waals surface area contributed by atoms with Crippen LogP contribution in [0.15, 0.2) is 28.8 Å². The number of aromatic nitrogens is 1. The molecule has 1 N–H and O–H groups in total. The highest BCUT2D eigenvalue weighted by Crippen LogP contribution is 2.25. The average Bonchev–Trinajstić information content (AvgIpc) is 2.88. The lowest BCUT2D eigenvalue weighted by Crippen LogP contribution is -2.09. The van der Waals surface area contributed by atoms with Crippen molar-refractivity contribution in [2.45, 2.75) is 13.0 Å². The van der Waals surface area contributed by atoms with Crippen LogP contribution in [0.4, 0.5) is 0 Å². The van der Waals surface area contributed by atoms with Gasteiger partial charge in [0.1, 0.15) is 5.69 Å². The van der Waals surface area contributed by atoms with E-state index in [0.717, 1.165) is 18.6 Å². The van der Waals surface area contributed by atoms with Crippen LogP contribution in [-0.2, 0) is 17.8 Å². The lowest BCUT2D eigenvalue weighted by Gasteiger charge is -2.16. The second-order valence-electron chi connectivity index (χ2n) is 4.17. The number of carbonyl (C=O) groups is 1. The summed E-state index contributed by atoms with van der Waals surface area (Å²) in [6, 6.07) is 7.33. The van der Waals surface area contributed by atoms with Crippen LogP contribution >= 0.6 is 0 Å². The van der Waals surface area contributed by atoms with Crippen molar-refractivity contribution in [2.75, 3.05) is 6.61 Å². The van der Waals surface area contributed by atoms with Crippen molar-refractivity contribution < 1.29 is 19.2 Å². The van der Waals surface area contributed by atoms with Crippen molar-refractivity contribution in [2.24, 2.45) is 0 Å². The van der Waals surface area contributed by atoms with Crippen molar-refractivity contribution in [3.63, 3.8) is 0 Å². The Morgan fingerprint density at radius 3 is 2.94 bits per heavy atom. The van der Waals surface area contributed by atoms with E-state index in [1.54, 1.807) is 0 Å². The maximum atomic E-state index is 10.7. The number of nitrogens with zero attached hydrogens (tertiary/aromatic N) is 1. The van der Waals surface area contributed by atoms with Gasteiger partial charge in [0.25, 0.3) is 0 Å². The summed E-state index contributed by atoms with van der Waals surface area (Å²) < 4.78 is 10.1. The molecule has 2 aromatic rings. The topological polar surface area (TPSA) is 72.6 Å². The molecule has 0 fully saturated rings. The third kappa shape index (κ3) is 1.89. The van der Waals surface area contributed by atoms with Gasteiger partial charge in [0.2, 0.25) is 5.76 Å². The molecule has 1 aliphatic heterocycles. The van der Waals surface area contributed by atoms with Crippen molar-refractivity contribution in [3.8, 4) is 11.3 Å². The molecule has 1 aliphatic rings. The normalized spacial score (nSPS) is 14.2. The van der Waals surface area contributed by atoms with Crippen LogP contribution in [0, 0.1) is 0 Å². The molecular weight excluding hydrogens is 234 g/mol. The van der Waals surface area contributed by atoms with Crippen LogP contribution in [0.5, 0.6) is 0 Å². The Bertz CT molecular complexity index is 603. The predicted octanol–water partition coefficient (Wildman–Crippen LogP) is 2.11. The summed E-state index contributed by atoms with van der Waals surface area (Å²) in [6.45, 7) is 1.35. The molecule has 5 heteroatoms. The first kappa shape index (κ1) is 11.0. The van der Waals surface area contributed by atoms with Gasteiger partial charge in [-0.15, -0.1) is 0 Å². The van der Waals surface area contributed by atoms with Crippen molar-refractivity contribution >= 4 is 5.97 Å². The molecule has 0 aliphatic carbocycles. The van der Waals surface area contributed by atoms with Crippen LogP contribution in [0.1, 0.15) is 21.7 Å². The second-order valence-corrected chi connectivity index (χ2v) is 4.17. The minimum absolute atomic E-state index is 0.147. The highest BCUT2D eigenvalue weighted by Gasteiger charge is 2.15. The van der Waals surface area contributed by atoms with Crippen LogP contribution in [0.25, 0.3) is 11.3 Å². The third-order valence-electron chi connectivity index (χ3n) is 3.00. The highest BCUT2D eigenvalue weighted by atomic mass is 16.5. The van der Waals surface area contributed by atoms with Gasteiger partial charge < -0.3 is 14.4 Å². The van der Waals surface area contributed by atoms with Gasteiger partial charge in [0, 0.05) is 11.6 Å². The van der Waals surface area contributed by atoms with E-state index in [9.17, 15) is 4.79 Å². The number of benzene rings is 1. The molecule has 0 atom stereocenters. The van der Waals surface area contributed by atoms with Crippen molar-refractivity contribution in [3.05, 3.63) is 41.2 Å². The van der Waals surface area contributed by atoms with Gasteiger partial charge in [0.05, 0.1) is 13.2 Å². The van der Waals surface area contributed by atoms with Crippen LogP contribution < -0.4 is 0 Å². The minimum Gasteiger partial charge on any atom is -0.475 e. The maximum absolute atomic E-state index is 10.7. The predicted molar refractivity (Wildman–Crippen MR) is 62.3 cm³/mol. The zero-order chi connectivity index (χ0) is 12.5. The molecule has 18 heavy (non-hydrogen) atoms. The molecule has 92 valence electrons. The number of rotatable bonds is 2. The minimum atomic E-state index is -1.11. The summed E-state index contributed by atoms with van der Waals surface area (Å²) in [5, 5.41) is 12.6. The summed E-state index contributed by atoms with van der Waals surface area (Å²) in [5.41, 5.74) is 3.80. The second kappa shape index (κ2) is 4.27. The largest absolute Gasteiger partial charge is 0.475 e. The Kier molecular flexibility index (Phi) is 2.60. The van der Waals surface area contributed by atoms with E-state index >= 15 is 0 Å². The zero-order valence-corrected chi connectivity index (χ0v) is 9.55. The van der Waals surface area contributed by atoms with E-state index < -0.39 is 5.97 Å². The molecule has 0 saturated carbocycles. The quantitative estimate of drug-likeness (QED) is 0.877. The fraction of sp³-hybridized carbons (Fsp3) is 0.231. The zero-order valence-electron chi connectivity index (χ0n) is 9.55. The molecule has 0 unspecified atom stereocenters. The molecule has 1 aromatic carbocycles. The molecular formula is C13H11NO4. The molecule has 0 spiro atoms. The Morgan fingerprint density at radius 1 is 1.28 bits per heavy atom. The molecule has 2 heterocycles. The van der Waals surface area contributed by atoms with Gasteiger partial charge in [-0.1, -0.05) is 17.3 Å². The van der Waals surface area contributed by atoms with E-state index in [2.05, 4.69) is 5.16 Å². The number of ether oxygens (including phenoxy) is 1. The average molecular weight is 245 g/mol. The molecule has 1 aromatic heterocycles. The molecule has 0 radical (unpaired) electrons. The fourth-order valence-electron chi connectivity index (χ4n) is 2.04. The van der Waals surface area contributed by atoms with Gasteiger partial charge in [-0.2, -0.15) is 0 Å². The first-order valence-electron chi connectivity index (χ1n) is 5.64. The maximum Gasteiger partial charge on any atom is 0.374 e. The third-order valence-corrected chi connectivity index (χ3v) is 3.00. The van der Waals surface area contributed by atoms with Gasteiger partial charge in [-0.05, 0) is 23.6 Å². The molecule has 5 nitrogen and oxygen atoms in total. The Hall–Kier alpha value is -2.14. The monoisotopic (exact) mass is 245 g/mol. The van der Waals surface area contributed by atoms with Crippen LogP contribution in [0.2, 0.25) is 0 Å². The number of fused-ring (bicyclic) bond motifs is 1. The van der Waals surface area contributed by atoms with E-state index in [1.165, 1.54) is 17.2 Å². The van der Waals surface area contributed by atoms with Gasteiger partial charge in [0.15, 0.2) is 0 Å². The number of carboxylic acids is 1. The van der Waals surface area contributed by atoms with E-state index in [4.69, 9.17) is 14.4 Å². The number of carboxylic acid groups (broad SMARTS) is 1. The molecule has 0 saturated heterocycles. The summed E-state index contributed by atoms with van der Waals surface area (Å²) in [5.74, 6) is -1.26. The Balaban J connectivity index is 1.98. The van der Waals surface area contributed by atoms with E-state index in [1.807, 2.05) is 18.2 Å². The Labute approximate surface area is 103 Å². The fourth-order valence-corrected chi connectivity index (χ4v) is 2.04. The van der Waals surface area contributed by atoms with Crippen molar-refractivity contribution in [1.82, 2.24) is 5.16 Å². The number of hydrogen-bond donors (Lipinski definition) is 1. The van der Waals surface area contributed by atoms with Gasteiger partial charge >= 0.3 is 5.97 Å². The SMILES string of the molecule is O=C(O)c1cc(-c2ccc3c(c2)CCOC3)no1. The number of aromatic carboxylic acids is 1. The van der Waals surface area contributed by atoms with Crippen LogP contribution in [0.3, 0.4) is 0 Å². The molecule has 0 bridgehead atoms. The van der Waals surface area contributed by atoms with E-state index in [0.29, 0.717) is 12.3 Å². The summed E-state index contributed by atoms with van der Waals surface area (Å²) >= 11 is 0. The van der Waals surface area contributed by atoms with Crippen LogP contribution in [-0.4, -0.2) is 22.8 Å². The lowest BCUT2D eigenvalue weighted by molar-refractivity contribution is 0.0652. The summed E-state index contributed by atoms with van der Waals surface area (Å²) in [7, 11) is 0. The van der Waals surface area contributed by atoms with Gasteiger partial charge in [-0.25, -0.2) is 4.79 Å². The smallest absolute Gasteiger partial charge is 0.374 e. The first-order valence-corrected chi connectivity index (χ1v) is 5.64. The first-order chi connectivity index (χ1) is 8.74. The standard InChI is InChI=1S/C13H11NO4/c15-13(16)12-6-11(14-18-12)9-1-2-10-7-17-4-3-8(10)5-9/h1-2,5-6H,3-4,7H2,(H,15,16). The number of hydrogen-bond acceptors (Lipinski definition) is 4. The summed E-state index contributed by atoms with van der Waals surface area (Å²) in [6.07, 6.45) is 0.868. The van der Waals surface area contributed by atoms with Gasteiger partial charge in [-0.3, -0.25) is 0 Å². The summed E-state index contributed by atoms with van der Waals surface area (Å²) in [4.78, 5) is 10.7. The molecule has 0 amide bonds. The van der Waals surface area contributed by atoms with E-state index in [-0.39, 0.29) is 5.76 Å². The highest BCUT2D eigenvalue weighted by molar-refractivity contribution is 5.85. The van der Waals surface area contributed by atoms with Crippen molar-refractivity contribution in [1.29, 1.82) is 0 Å².